The van der Waals surface area contributed by atoms with Crippen LogP contribution in [0.5, 0.6) is 0 Å². The molecule has 104 heavy (non-hydrogen) atoms. The van der Waals surface area contributed by atoms with Crippen LogP contribution in [0, 0.1) is 27.7 Å². The van der Waals surface area contributed by atoms with E-state index in [0.29, 0.717) is 0 Å². The van der Waals surface area contributed by atoms with E-state index in [-0.39, 0.29) is 0 Å². The number of para-hydroxylation sites is 8. The molecule has 6 nitrogen and oxygen atoms in total. The minimum absolute atomic E-state index is 0.961. The summed E-state index contributed by atoms with van der Waals surface area (Å²) in [4.78, 5) is 9.97. The Labute approximate surface area is 603 Å². The lowest BCUT2D eigenvalue weighted by Crippen LogP contribution is -1.98. The van der Waals surface area contributed by atoms with E-state index in [1.807, 2.05) is 12.4 Å². The van der Waals surface area contributed by atoms with Crippen LogP contribution in [0.4, 0.5) is 0 Å². The summed E-state index contributed by atoms with van der Waals surface area (Å²) in [5, 5.41) is 10.1. The molecular formula is C98H70N6. The van der Waals surface area contributed by atoms with Gasteiger partial charge in [0.05, 0.1) is 55.5 Å². The lowest BCUT2D eigenvalue weighted by atomic mass is 9.91. The van der Waals surface area contributed by atoms with E-state index in [2.05, 4.69) is 386 Å². The number of rotatable bonds is 10. The molecule has 0 aliphatic rings. The van der Waals surface area contributed by atoms with Crippen molar-refractivity contribution in [3.8, 4) is 89.8 Å². The van der Waals surface area contributed by atoms with E-state index in [9.17, 15) is 0 Å². The van der Waals surface area contributed by atoms with Crippen molar-refractivity contribution >= 4 is 87.2 Å². The first kappa shape index (κ1) is 61.7. The average molecular weight is 1330 g/mol. The van der Waals surface area contributed by atoms with E-state index in [1.165, 1.54) is 148 Å². The van der Waals surface area contributed by atoms with Gasteiger partial charge in [-0.05, 0) is 210 Å². The van der Waals surface area contributed by atoms with Gasteiger partial charge in [-0.15, -0.1) is 0 Å². The van der Waals surface area contributed by atoms with E-state index < -0.39 is 0 Å². The van der Waals surface area contributed by atoms with E-state index in [0.717, 1.165) is 50.8 Å². The summed E-state index contributed by atoms with van der Waals surface area (Å²) >= 11 is 0. The van der Waals surface area contributed by atoms with Gasteiger partial charge in [-0.1, -0.05) is 224 Å². The van der Waals surface area contributed by atoms with E-state index in [4.69, 9.17) is 9.97 Å². The fourth-order valence-corrected chi connectivity index (χ4v) is 16.5. The van der Waals surface area contributed by atoms with Crippen molar-refractivity contribution < 1.29 is 0 Å². The van der Waals surface area contributed by atoms with Gasteiger partial charge in [-0.25, -0.2) is 0 Å². The van der Waals surface area contributed by atoms with Gasteiger partial charge in [0.1, 0.15) is 0 Å². The van der Waals surface area contributed by atoms with Crippen LogP contribution in [0.2, 0.25) is 0 Å². The summed E-state index contributed by atoms with van der Waals surface area (Å²) in [5.74, 6) is 0. The quantitative estimate of drug-likeness (QED) is 0.137. The van der Waals surface area contributed by atoms with Crippen LogP contribution in [-0.2, 0) is 0 Å². The molecule has 0 atom stereocenters. The lowest BCUT2D eigenvalue weighted by Gasteiger charge is -2.17. The predicted molar refractivity (Wildman–Crippen MR) is 437 cm³/mol. The Hall–Kier alpha value is -13.4. The smallest absolute Gasteiger partial charge is 0.0740 e. The summed E-state index contributed by atoms with van der Waals surface area (Å²) < 4.78 is 9.53. The normalized spacial score (nSPS) is 11.7. The van der Waals surface area contributed by atoms with Crippen molar-refractivity contribution in [2.24, 2.45) is 0 Å². The first-order valence-corrected chi connectivity index (χ1v) is 35.8. The Bertz CT molecular complexity index is 6190. The number of aromatic nitrogens is 6. The molecule has 0 saturated heterocycles. The Morgan fingerprint density at radius 1 is 0.212 bits per heavy atom. The van der Waals surface area contributed by atoms with Gasteiger partial charge in [-0.3, -0.25) is 9.97 Å². The average Bonchev–Trinajstić information content (AvgIpc) is 1.64. The fourth-order valence-electron chi connectivity index (χ4n) is 16.5. The predicted octanol–water partition coefficient (Wildman–Crippen LogP) is 25.8. The van der Waals surface area contributed by atoms with Crippen LogP contribution in [0.1, 0.15) is 22.3 Å². The van der Waals surface area contributed by atoms with Crippen LogP contribution < -0.4 is 0 Å². The molecule has 0 N–H and O–H groups in total. The van der Waals surface area contributed by atoms with Gasteiger partial charge in [0.15, 0.2) is 0 Å². The second kappa shape index (κ2) is 25.3. The van der Waals surface area contributed by atoms with Crippen LogP contribution >= 0.6 is 0 Å². The van der Waals surface area contributed by atoms with Gasteiger partial charge in [0.2, 0.25) is 0 Å². The maximum atomic E-state index is 5.00. The largest absolute Gasteiger partial charge is 0.309 e. The molecule has 0 unspecified atom stereocenters. The summed E-state index contributed by atoms with van der Waals surface area (Å²) in [6, 6.07) is 123. The number of aryl methyl sites for hydroxylation is 2. The van der Waals surface area contributed by atoms with Crippen LogP contribution in [0.25, 0.3) is 177 Å². The third-order valence-corrected chi connectivity index (χ3v) is 21.4. The van der Waals surface area contributed by atoms with Crippen LogP contribution in [0.15, 0.2) is 352 Å². The third-order valence-electron chi connectivity index (χ3n) is 21.4. The Morgan fingerprint density at radius 3 is 0.885 bits per heavy atom. The van der Waals surface area contributed by atoms with E-state index >= 15 is 0 Å². The molecule has 0 saturated carbocycles. The number of hydrogen-bond donors (Lipinski definition) is 0. The summed E-state index contributed by atoms with van der Waals surface area (Å²) in [7, 11) is 0. The Morgan fingerprint density at radius 2 is 0.519 bits per heavy atom. The second-order valence-corrected chi connectivity index (χ2v) is 27.4. The Balaban J connectivity index is 0.000000143. The van der Waals surface area contributed by atoms with E-state index in [1.54, 1.807) is 0 Å². The van der Waals surface area contributed by atoms with Crippen molar-refractivity contribution in [2.45, 2.75) is 27.7 Å². The SMILES string of the molecule is Cc1c(-c2cccc(-n3c4ccccc4c4ccccc43)c2)cccc1-c1nccc(-c2cccc(-n3c4ccccc4c4ccccc43)c2)c1C.Cc1ccc(-c2cc(-c3cccc(-n4c5ccccc5c5ccccc54)c3)c(C)cn2)cc1-c1cccc(-n2c3ccccc3c3ccccc32)c1. The zero-order chi connectivity index (χ0) is 69.5. The molecule has 0 amide bonds. The monoisotopic (exact) mass is 1330 g/mol. The minimum Gasteiger partial charge on any atom is -0.309 e. The minimum atomic E-state index is 0.961. The molecule has 6 aromatic heterocycles. The molecule has 492 valence electrons. The van der Waals surface area contributed by atoms with Crippen LogP contribution in [-0.4, -0.2) is 28.2 Å². The highest BCUT2D eigenvalue weighted by molar-refractivity contribution is 6.12. The summed E-state index contributed by atoms with van der Waals surface area (Å²) in [5.41, 5.74) is 32.8. The highest BCUT2D eigenvalue weighted by atomic mass is 15.0. The molecule has 6 heterocycles. The second-order valence-electron chi connectivity index (χ2n) is 27.4. The van der Waals surface area contributed by atoms with Crippen molar-refractivity contribution in [2.75, 3.05) is 0 Å². The van der Waals surface area contributed by atoms with Gasteiger partial charge in [0, 0.05) is 89.4 Å². The van der Waals surface area contributed by atoms with Gasteiger partial charge in [0.25, 0.3) is 0 Å². The first-order valence-electron chi connectivity index (χ1n) is 35.8. The third kappa shape index (κ3) is 10.3. The number of fused-ring (bicyclic) bond motifs is 12. The van der Waals surface area contributed by atoms with Gasteiger partial charge in [-0.2, -0.15) is 0 Å². The van der Waals surface area contributed by atoms with Gasteiger partial charge >= 0.3 is 0 Å². The van der Waals surface area contributed by atoms with Crippen LogP contribution in [0.3, 0.4) is 0 Å². The van der Waals surface area contributed by atoms with Crippen molar-refractivity contribution in [1.82, 2.24) is 28.2 Å². The number of hydrogen-bond acceptors (Lipinski definition) is 2. The number of nitrogens with zero attached hydrogens (tertiary/aromatic N) is 6. The highest BCUT2D eigenvalue weighted by Crippen LogP contribution is 2.42. The lowest BCUT2D eigenvalue weighted by molar-refractivity contribution is 1.18. The molecule has 0 fully saturated rings. The Kier molecular flexibility index (Phi) is 15.0. The van der Waals surface area contributed by atoms with Crippen molar-refractivity contribution in [3.63, 3.8) is 0 Å². The molecule has 20 aromatic rings. The molecular weight excluding hydrogens is 1260 g/mol. The molecule has 14 aromatic carbocycles. The maximum absolute atomic E-state index is 5.00. The first-order chi connectivity index (χ1) is 51.3. The van der Waals surface area contributed by atoms with Crippen molar-refractivity contribution in [3.05, 3.63) is 374 Å². The molecule has 0 bridgehead atoms. The number of benzene rings is 14. The molecule has 0 spiro atoms. The summed E-state index contributed by atoms with van der Waals surface area (Å²) in [6.45, 7) is 8.79. The number of pyridine rings is 2. The molecule has 0 aliphatic heterocycles. The molecule has 0 aliphatic carbocycles. The zero-order valence-corrected chi connectivity index (χ0v) is 58.2. The fraction of sp³-hybridized carbons (Fsp3) is 0.0408. The van der Waals surface area contributed by atoms with Crippen molar-refractivity contribution in [1.29, 1.82) is 0 Å². The summed E-state index contributed by atoms with van der Waals surface area (Å²) in [6.07, 6.45) is 3.97. The van der Waals surface area contributed by atoms with Gasteiger partial charge < -0.3 is 18.3 Å². The topological polar surface area (TPSA) is 45.5 Å². The molecule has 0 radical (unpaired) electrons. The maximum Gasteiger partial charge on any atom is 0.0740 e. The standard InChI is InChI=1S/2C49H35N3/c1-32-38(34-14-11-16-36(30-34)51-45-24-7-3-18-41(45)42-19-4-8-25-46(42)51)22-13-23-40(32)49-33(2)39(28-29-50-49)35-15-12-17-37(31-35)52-47-26-9-5-20-43(47)44-21-6-10-27-48(44)52;1-32-25-26-36(29-43(32)34-13-11-15-37(27-34)51-46-21-7-3-17-39(46)40-18-4-8-22-47(40)51)45-30-44(33(2)31-50-45)35-14-12-16-38(28-35)52-48-23-9-5-19-41(48)42-20-6-10-24-49(42)52/h2*3-31H,1-2H3. The zero-order valence-electron chi connectivity index (χ0n) is 58.2. The highest BCUT2D eigenvalue weighted by Gasteiger charge is 2.21. The molecule has 6 heteroatoms. The molecule has 20 rings (SSSR count).